The Labute approximate surface area is 207 Å². The van der Waals surface area contributed by atoms with Crippen LogP contribution < -0.4 is 15.4 Å². The van der Waals surface area contributed by atoms with Gasteiger partial charge in [-0.25, -0.2) is 9.97 Å². The van der Waals surface area contributed by atoms with Gasteiger partial charge in [0, 0.05) is 54.3 Å². The molecule has 1 aliphatic heterocycles. The predicted octanol–water partition coefficient (Wildman–Crippen LogP) is 4.54. The maximum absolute atomic E-state index is 12.3. The Morgan fingerprint density at radius 3 is 2.47 bits per heavy atom. The van der Waals surface area contributed by atoms with Gasteiger partial charge in [0.15, 0.2) is 0 Å². The molecule has 8 nitrogen and oxygen atoms in total. The molecule has 2 unspecified atom stereocenters. The van der Waals surface area contributed by atoms with Crippen molar-refractivity contribution >= 4 is 23.2 Å². The van der Waals surface area contributed by atoms with Crippen molar-refractivity contribution in [3.05, 3.63) is 60.4 Å². The van der Waals surface area contributed by atoms with E-state index in [1.165, 1.54) is 12.1 Å². The van der Waals surface area contributed by atoms with Gasteiger partial charge in [-0.1, -0.05) is 18.2 Å². The van der Waals surface area contributed by atoms with E-state index in [0.717, 1.165) is 40.9 Å². The number of nitrogens with zero attached hydrogens (tertiary/aromatic N) is 3. The zero-order chi connectivity index (χ0) is 25.2. The second-order valence-electron chi connectivity index (χ2n) is 9.18. The Morgan fingerprint density at radius 2 is 1.81 bits per heavy atom. The number of halogens is 2. The maximum atomic E-state index is 12.3. The highest BCUT2D eigenvalue weighted by Gasteiger charge is 2.41. The largest absolute Gasteiger partial charge is 0.435 e. The number of anilines is 3. The third kappa shape index (κ3) is 5.54. The number of hydrogen-bond donors (Lipinski definition) is 3. The first-order chi connectivity index (χ1) is 17.4. The number of ether oxygens (including phenoxy) is 1. The minimum absolute atomic E-state index is 0.0848. The van der Waals surface area contributed by atoms with Gasteiger partial charge in [-0.3, -0.25) is 4.79 Å². The lowest BCUT2D eigenvalue weighted by molar-refractivity contribution is -0.128. The number of likely N-dealkylation sites (tertiary alicyclic amines) is 1. The van der Waals surface area contributed by atoms with Gasteiger partial charge in [0.2, 0.25) is 11.9 Å². The molecule has 2 atom stereocenters. The minimum Gasteiger partial charge on any atom is -0.435 e. The van der Waals surface area contributed by atoms with Gasteiger partial charge < -0.3 is 25.4 Å². The molecular formula is C26H27F2N5O3. The lowest BCUT2D eigenvalue weighted by Gasteiger charge is -2.22. The molecule has 2 aromatic carbocycles. The number of amides is 1. The number of aliphatic hydroxyl groups is 1. The summed E-state index contributed by atoms with van der Waals surface area (Å²) in [5.74, 6) is 0.435. The Kier molecular flexibility index (Phi) is 6.69. The van der Waals surface area contributed by atoms with Crippen LogP contribution in [0.1, 0.15) is 24.8 Å². The van der Waals surface area contributed by atoms with E-state index in [-0.39, 0.29) is 17.6 Å². The molecule has 2 aliphatic rings. The van der Waals surface area contributed by atoms with E-state index in [0.29, 0.717) is 25.0 Å². The molecule has 1 aliphatic carbocycles. The molecule has 1 saturated carbocycles. The smallest absolute Gasteiger partial charge is 0.387 e. The SMILES string of the molecule is Cc1ccc(Nc2ncc(-c3ccc(OC(F)F)cc3)cn2)cc1NC(O)C1CC(=O)N(C2CC2)C1. The fraction of sp³-hybridized carbons (Fsp3) is 0.346. The Bertz CT molecular complexity index is 1220. The molecule has 3 N–H and O–H groups in total. The number of rotatable bonds is 9. The monoisotopic (exact) mass is 495 g/mol. The summed E-state index contributed by atoms with van der Waals surface area (Å²) in [7, 11) is 0. The third-order valence-electron chi connectivity index (χ3n) is 6.48. The van der Waals surface area contributed by atoms with Crippen molar-refractivity contribution in [1.82, 2.24) is 14.9 Å². The molecule has 0 radical (unpaired) electrons. The number of aromatic nitrogens is 2. The molecule has 1 saturated heterocycles. The minimum atomic E-state index is -2.87. The van der Waals surface area contributed by atoms with Gasteiger partial charge in [0.1, 0.15) is 12.0 Å². The van der Waals surface area contributed by atoms with Gasteiger partial charge in [0.25, 0.3) is 0 Å². The van der Waals surface area contributed by atoms with E-state index in [9.17, 15) is 18.7 Å². The number of benzene rings is 2. The standard InChI is InChI=1S/C26H27F2N5O3/c1-15-2-5-19(11-22(15)32-24(35)17-10-23(34)33(14-17)20-6-7-20)31-26-29-12-18(13-30-26)16-3-8-21(9-4-16)36-25(27)28/h2-5,8-9,11-13,17,20,24-25,32,35H,6-7,10,14H2,1H3,(H,29,30,31). The summed E-state index contributed by atoms with van der Waals surface area (Å²) in [4.78, 5) is 22.8. The Morgan fingerprint density at radius 1 is 1.08 bits per heavy atom. The Hall–Kier alpha value is -3.79. The van der Waals surface area contributed by atoms with Gasteiger partial charge in [-0.2, -0.15) is 8.78 Å². The van der Waals surface area contributed by atoms with Gasteiger partial charge in [0.05, 0.1) is 0 Å². The lowest BCUT2D eigenvalue weighted by atomic mass is 10.1. The topological polar surface area (TPSA) is 99.6 Å². The summed E-state index contributed by atoms with van der Waals surface area (Å²) in [5, 5.41) is 17.1. The molecule has 188 valence electrons. The van der Waals surface area contributed by atoms with Crippen LogP contribution in [0.15, 0.2) is 54.9 Å². The van der Waals surface area contributed by atoms with Crippen molar-refractivity contribution in [2.24, 2.45) is 5.92 Å². The predicted molar refractivity (Wildman–Crippen MR) is 131 cm³/mol. The number of carbonyl (C=O) groups excluding carboxylic acids is 1. The highest BCUT2D eigenvalue weighted by atomic mass is 19.3. The number of alkyl halides is 2. The summed E-state index contributed by atoms with van der Waals surface area (Å²) in [6.45, 7) is -0.343. The van der Waals surface area contributed by atoms with Crippen molar-refractivity contribution in [3.63, 3.8) is 0 Å². The van der Waals surface area contributed by atoms with E-state index in [2.05, 4.69) is 25.3 Å². The van der Waals surface area contributed by atoms with Crippen LogP contribution in [0.3, 0.4) is 0 Å². The molecule has 1 amide bonds. The quantitative estimate of drug-likeness (QED) is 0.375. The summed E-state index contributed by atoms with van der Waals surface area (Å²) in [5.41, 5.74) is 3.94. The maximum Gasteiger partial charge on any atom is 0.387 e. The van der Waals surface area contributed by atoms with Crippen molar-refractivity contribution in [2.75, 3.05) is 17.2 Å². The van der Waals surface area contributed by atoms with Crippen LogP contribution in [0.5, 0.6) is 5.75 Å². The zero-order valence-electron chi connectivity index (χ0n) is 19.7. The number of hydrogen-bond acceptors (Lipinski definition) is 7. The summed E-state index contributed by atoms with van der Waals surface area (Å²) in [6.07, 6.45) is 4.90. The van der Waals surface area contributed by atoms with E-state index in [1.807, 2.05) is 30.0 Å². The van der Waals surface area contributed by atoms with E-state index in [1.54, 1.807) is 24.5 Å². The van der Waals surface area contributed by atoms with Crippen LogP contribution >= 0.6 is 0 Å². The number of carbonyl (C=O) groups is 1. The normalized spacial score (nSPS) is 18.4. The fourth-order valence-electron chi connectivity index (χ4n) is 4.34. The van der Waals surface area contributed by atoms with Crippen molar-refractivity contribution < 1.29 is 23.4 Å². The third-order valence-corrected chi connectivity index (χ3v) is 6.48. The first-order valence-electron chi connectivity index (χ1n) is 11.8. The molecule has 3 aromatic rings. The average Bonchev–Trinajstić information content (AvgIpc) is 3.63. The van der Waals surface area contributed by atoms with E-state index >= 15 is 0 Å². The number of nitrogens with one attached hydrogen (secondary N) is 2. The highest BCUT2D eigenvalue weighted by Crippen LogP contribution is 2.34. The van der Waals surface area contributed by atoms with E-state index in [4.69, 9.17) is 0 Å². The van der Waals surface area contributed by atoms with Crippen LogP contribution in [0.2, 0.25) is 0 Å². The van der Waals surface area contributed by atoms with Crippen LogP contribution in [-0.4, -0.2) is 51.3 Å². The molecule has 5 rings (SSSR count). The molecule has 0 bridgehead atoms. The molecular weight excluding hydrogens is 468 g/mol. The lowest BCUT2D eigenvalue weighted by Crippen LogP contribution is -2.32. The molecule has 2 fully saturated rings. The van der Waals surface area contributed by atoms with Crippen LogP contribution in [-0.2, 0) is 4.79 Å². The van der Waals surface area contributed by atoms with Crippen LogP contribution in [0.25, 0.3) is 11.1 Å². The van der Waals surface area contributed by atoms with Gasteiger partial charge in [-0.15, -0.1) is 0 Å². The molecule has 10 heteroatoms. The highest BCUT2D eigenvalue weighted by molar-refractivity contribution is 5.79. The first-order valence-corrected chi connectivity index (χ1v) is 11.8. The molecule has 36 heavy (non-hydrogen) atoms. The molecule has 1 aromatic heterocycles. The first kappa shape index (κ1) is 23.9. The number of aryl methyl sites for hydroxylation is 1. The molecule has 0 spiro atoms. The molecule has 2 heterocycles. The van der Waals surface area contributed by atoms with Gasteiger partial charge >= 0.3 is 6.61 Å². The summed E-state index contributed by atoms with van der Waals surface area (Å²) >= 11 is 0. The second-order valence-corrected chi connectivity index (χ2v) is 9.18. The van der Waals surface area contributed by atoms with Crippen molar-refractivity contribution in [3.8, 4) is 16.9 Å². The van der Waals surface area contributed by atoms with Crippen molar-refractivity contribution in [2.45, 2.75) is 45.1 Å². The van der Waals surface area contributed by atoms with E-state index < -0.39 is 12.8 Å². The zero-order valence-corrected chi connectivity index (χ0v) is 19.7. The number of aliphatic hydroxyl groups excluding tert-OH is 1. The second kappa shape index (κ2) is 10.1. The van der Waals surface area contributed by atoms with Crippen molar-refractivity contribution in [1.29, 1.82) is 0 Å². The van der Waals surface area contributed by atoms with Gasteiger partial charge in [-0.05, 0) is 55.2 Å². The summed E-state index contributed by atoms with van der Waals surface area (Å²) < 4.78 is 29.0. The summed E-state index contributed by atoms with van der Waals surface area (Å²) in [6, 6.07) is 12.3. The average molecular weight is 496 g/mol. The Balaban J connectivity index is 1.22. The fourth-order valence-corrected chi connectivity index (χ4v) is 4.34. The van der Waals surface area contributed by atoms with Crippen LogP contribution in [0, 0.1) is 12.8 Å². The van der Waals surface area contributed by atoms with Crippen LogP contribution in [0.4, 0.5) is 26.1 Å².